The number of fused-ring (bicyclic) bond motifs is 3. The van der Waals surface area contributed by atoms with E-state index >= 15 is 0 Å². The first-order valence-electron chi connectivity index (χ1n) is 6.49. The van der Waals surface area contributed by atoms with E-state index < -0.39 is 5.82 Å². The monoisotopic (exact) mass is 322 g/mol. The lowest BCUT2D eigenvalue weighted by molar-refractivity contribution is -0.118. The van der Waals surface area contributed by atoms with E-state index in [-0.39, 0.29) is 22.9 Å². The molecule has 0 aromatic heterocycles. The lowest BCUT2D eigenvalue weighted by Gasteiger charge is -2.30. The molecule has 4 heteroatoms. The molecule has 1 spiro atoms. The molecule has 4 rings (SSSR count). The highest BCUT2D eigenvalue weighted by Gasteiger charge is 2.54. The molecule has 19 heavy (non-hydrogen) atoms. The molecule has 1 aromatic rings. The predicted molar refractivity (Wildman–Crippen MR) is 72.4 cm³/mol. The van der Waals surface area contributed by atoms with E-state index in [9.17, 15) is 14.3 Å². The number of hydrogen-bond donors (Lipinski definition) is 1. The number of rotatable bonds is 0. The van der Waals surface area contributed by atoms with Gasteiger partial charge in [0.05, 0.1) is 4.48 Å². The maximum Gasteiger partial charge on any atom is 0.173 e. The van der Waals surface area contributed by atoms with Crippen LogP contribution in [0.5, 0.6) is 5.75 Å². The molecule has 3 aliphatic carbocycles. The van der Waals surface area contributed by atoms with Crippen LogP contribution < -0.4 is 0 Å². The second-order valence-electron chi connectivity index (χ2n) is 5.87. The van der Waals surface area contributed by atoms with Crippen LogP contribution in [0.2, 0.25) is 0 Å². The first-order valence-corrected chi connectivity index (χ1v) is 7.28. The Morgan fingerprint density at radius 3 is 3.00 bits per heavy atom. The van der Waals surface area contributed by atoms with Gasteiger partial charge in [0.2, 0.25) is 0 Å². The molecule has 0 unspecified atom stereocenters. The number of benzene rings is 1. The fourth-order valence-electron chi connectivity index (χ4n) is 4.12. The number of phenols is 1. The van der Waals surface area contributed by atoms with E-state index in [1.54, 1.807) is 6.07 Å². The van der Waals surface area contributed by atoms with E-state index in [1.807, 2.05) is 0 Å². The Labute approximate surface area is 118 Å². The molecule has 1 saturated carbocycles. The molecule has 0 aliphatic heterocycles. The molecule has 0 radical (unpaired) electrons. The summed E-state index contributed by atoms with van der Waals surface area (Å²) in [5, 5.41) is 9.53. The van der Waals surface area contributed by atoms with Crippen LogP contribution in [0.15, 0.2) is 16.6 Å². The van der Waals surface area contributed by atoms with Crippen molar-refractivity contribution in [2.24, 2.45) is 11.3 Å². The highest BCUT2D eigenvalue weighted by atomic mass is 79.9. The summed E-state index contributed by atoms with van der Waals surface area (Å²) in [5.74, 6) is -0.579. The van der Waals surface area contributed by atoms with Crippen LogP contribution in [-0.4, -0.2) is 10.9 Å². The molecule has 0 saturated heterocycles. The van der Waals surface area contributed by atoms with Gasteiger partial charge < -0.3 is 5.11 Å². The van der Waals surface area contributed by atoms with Gasteiger partial charge in [-0.1, -0.05) is 6.07 Å². The summed E-state index contributed by atoms with van der Waals surface area (Å²) >= 11 is 3.43. The normalized spacial score (nSPS) is 31.7. The summed E-state index contributed by atoms with van der Waals surface area (Å²) in [5.41, 5.74) is 2.26. The van der Waals surface area contributed by atoms with Crippen molar-refractivity contribution in [3.8, 4) is 5.75 Å². The van der Waals surface area contributed by atoms with Gasteiger partial charge in [0, 0.05) is 16.9 Å². The van der Waals surface area contributed by atoms with E-state index in [1.165, 1.54) is 6.07 Å². The number of ketones is 1. The van der Waals surface area contributed by atoms with E-state index in [2.05, 4.69) is 15.9 Å². The first-order chi connectivity index (χ1) is 9.03. The molecule has 1 aromatic carbocycles. The average Bonchev–Trinajstić information content (AvgIpc) is 2.93. The average molecular weight is 323 g/mol. The third-order valence-corrected chi connectivity index (χ3v) is 5.74. The van der Waals surface area contributed by atoms with Gasteiger partial charge in [-0.15, -0.1) is 0 Å². The Hall–Kier alpha value is -1.16. The minimum Gasteiger partial charge on any atom is -0.505 e. The topological polar surface area (TPSA) is 37.3 Å². The third-order valence-electron chi connectivity index (χ3n) is 4.95. The smallest absolute Gasteiger partial charge is 0.173 e. The Kier molecular flexibility index (Phi) is 2.13. The molecule has 2 bridgehead atoms. The van der Waals surface area contributed by atoms with Crippen molar-refractivity contribution in [3.05, 3.63) is 33.6 Å². The summed E-state index contributed by atoms with van der Waals surface area (Å²) in [4.78, 5) is 12.2. The quantitative estimate of drug-likeness (QED) is 0.793. The van der Waals surface area contributed by atoms with Crippen LogP contribution in [0.25, 0.3) is 5.57 Å². The van der Waals surface area contributed by atoms with Crippen molar-refractivity contribution < 1.29 is 14.3 Å². The maximum absolute atomic E-state index is 14.1. The minimum absolute atomic E-state index is 0.0871. The third kappa shape index (κ3) is 1.28. The van der Waals surface area contributed by atoms with Crippen molar-refractivity contribution in [2.75, 3.05) is 0 Å². The van der Waals surface area contributed by atoms with Crippen LogP contribution in [-0.2, 0) is 11.2 Å². The van der Waals surface area contributed by atoms with E-state index in [0.29, 0.717) is 16.5 Å². The number of aromatic hydroxyl groups is 1. The van der Waals surface area contributed by atoms with Crippen LogP contribution >= 0.6 is 15.9 Å². The first kappa shape index (κ1) is 11.6. The van der Waals surface area contributed by atoms with Gasteiger partial charge in [-0.05, 0) is 58.8 Å². The molecular formula is C15H12BrFO2. The van der Waals surface area contributed by atoms with Gasteiger partial charge in [-0.2, -0.15) is 0 Å². The van der Waals surface area contributed by atoms with Gasteiger partial charge >= 0.3 is 0 Å². The summed E-state index contributed by atoms with van der Waals surface area (Å²) in [6.07, 6.45) is 3.25. The molecule has 0 heterocycles. The molecule has 3 aliphatic rings. The number of allylic oxidation sites excluding steroid dienone is 2. The highest BCUT2D eigenvalue weighted by molar-refractivity contribution is 9.12. The van der Waals surface area contributed by atoms with Gasteiger partial charge in [-0.25, -0.2) is 4.39 Å². The molecule has 2 nitrogen and oxygen atoms in total. The summed E-state index contributed by atoms with van der Waals surface area (Å²) < 4.78 is 14.7. The lowest BCUT2D eigenvalue weighted by atomic mass is 9.74. The van der Waals surface area contributed by atoms with Crippen LogP contribution in [0, 0.1) is 17.2 Å². The highest BCUT2D eigenvalue weighted by Crippen LogP contribution is 2.63. The van der Waals surface area contributed by atoms with E-state index in [4.69, 9.17) is 0 Å². The molecule has 2 atom stereocenters. The Balaban J connectivity index is 2.03. The minimum atomic E-state index is -0.523. The van der Waals surface area contributed by atoms with Crippen molar-refractivity contribution in [1.29, 1.82) is 0 Å². The van der Waals surface area contributed by atoms with Crippen LogP contribution in [0.4, 0.5) is 4.39 Å². The fraction of sp³-hybridized carbons (Fsp3) is 0.400. The maximum atomic E-state index is 14.1. The van der Waals surface area contributed by atoms with E-state index in [0.717, 1.165) is 30.4 Å². The summed E-state index contributed by atoms with van der Waals surface area (Å²) in [6.45, 7) is 0. The second-order valence-corrected chi connectivity index (χ2v) is 6.67. The zero-order valence-electron chi connectivity index (χ0n) is 10.2. The van der Waals surface area contributed by atoms with Gasteiger partial charge in [-0.3, -0.25) is 4.79 Å². The Morgan fingerprint density at radius 1 is 1.42 bits per heavy atom. The van der Waals surface area contributed by atoms with Crippen LogP contribution in [0.3, 0.4) is 0 Å². The molecule has 1 fully saturated rings. The lowest BCUT2D eigenvalue weighted by Crippen LogP contribution is -2.25. The zero-order valence-corrected chi connectivity index (χ0v) is 11.8. The fourth-order valence-corrected chi connectivity index (χ4v) is 5.08. The largest absolute Gasteiger partial charge is 0.505 e. The van der Waals surface area contributed by atoms with Gasteiger partial charge in [0.25, 0.3) is 0 Å². The number of carbonyl (C=O) groups excluding carboxylic acids is 1. The SMILES string of the molecule is O=C1C(Br)=C2c3ccc(O)c(F)c3C[C@@]23CC[C@@H]1C3. The second kappa shape index (κ2) is 3.48. The van der Waals surface area contributed by atoms with Crippen molar-refractivity contribution in [2.45, 2.75) is 25.7 Å². The Bertz CT molecular complexity index is 664. The number of phenolic OH excluding ortho intramolecular Hbond substituents is 1. The summed E-state index contributed by atoms with van der Waals surface area (Å²) in [7, 11) is 0. The molecule has 0 amide bonds. The zero-order chi connectivity index (χ0) is 13.4. The molecule has 98 valence electrons. The standard InChI is InChI=1S/C15H12BrFO2/c16-12-11-8-1-2-10(18)13(17)9(8)6-15(11)4-3-7(5-15)14(12)19/h1-2,7,18H,3-6H2/t7-,15+/m1/s1. The molecular weight excluding hydrogens is 311 g/mol. The van der Waals surface area contributed by atoms with Gasteiger partial charge in [0.15, 0.2) is 17.3 Å². The number of Topliss-reactive ketones (excluding diaryl/α,β-unsaturated/α-hetero) is 1. The van der Waals surface area contributed by atoms with Crippen molar-refractivity contribution >= 4 is 27.3 Å². The summed E-state index contributed by atoms with van der Waals surface area (Å²) in [6, 6.07) is 3.12. The van der Waals surface area contributed by atoms with Crippen LogP contribution in [0.1, 0.15) is 30.4 Å². The Morgan fingerprint density at radius 2 is 2.21 bits per heavy atom. The van der Waals surface area contributed by atoms with Crippen molar-refractivity contribution in [3.63, 3.8) is 0 Å². The number of carbonyl (C=O) groups is 1. The number of hydrogen-bond acceptors (Lipinski definition) is 2. The molecule has 1 N–H and O–H groups in total. The predicted octanol–water partition coefficient (Wildman–Crippen LogP) is 3.56. The number of halogens is 2. The van der Waals surface area contributed by atoms with Crippen molar-refractivity contribution in [1.82, 2.24) is 0 Å². The van der Waals surface area contributed by atoms with Gasteiger partial charge in [0.1, 0.15) is 0 Å².